The highest BCUT2D eigenvalue weighted by Gasteiger charge is 2.20. The van der Waals surface area contributed by atoms with Gasteiger partial charge in [-0.05, 0) is 54.4 Å². The molecule has 7 heteroatoms. The monoisotopic (exact) mass is 393 g/mol. The summed E-state index contributed by atoms with van der Waals surface area (Å²) in [5.74, 6) is -0.344. The minimum atomic E-state index is -0.179. The fourth-order valence-electron chi connectivity index (χ4n) is 3.84. The van der Waals surface area contributed by atoms with Crippen molar-refractivity contribution in [3.63, 3.8) is 0 Å². The van der Waals surface area contributed by atoms with Gasteiger partial charge in [-0.3, -0.25) is 4.79 Å². The van der Waals surface area contributed by atoms with E-state index in [-0.39, 0.29) is 23.1 Å². The lowest BCUT2D eigenvalue weighted by atomic mass is 10.1. The van der Waals surface area contributed by atoms with Crippen LogP contribution in [0.2, 0.25) is 0 Å². The van der Waals surface area contributed by atoms with Crippen molar-refractivity contribution in [1.29, 1.82) is 0 Å². The van der Waals surface area contributed by atoms with Crippen molar-refractivity contribution in [2.75, 3.05) is 18.0 Å². The lowest BCUT2D eigenvalue weighted by molar-refractivity contribution is 0.404. The van der Waals surface area contributed by atoms with E-state index >= 15 is 0 Å². The zero-order valence-electron chi connectivity index (χ0n) is 15.0. The van der Waals surface area contributed by atoms with Crippen LogP contribution >= 0.6 is 11.3 Å². The Morgan fingerprint density at radius 1 is 1.07 bits per heavy atom. The number of anilines is 1. The minimum absolute atomic E-state index is 0.127. The number of benzene rings is 2. The normalized spacial score (nSPS) is 17.0. The molecular weight excluding hydrogens is 374 g/mol. The van der Waals surface area contributed by atoms with Gasteiger partial charge in [0.25, 0.3) is 5.56 Å². The molecule has 0 spiro atoms. The summed E-state index contributed by atoms with van der Waals surface area (Å²) in [5.41, 5.74) is 8.57. The van der Waals surface area contributed by atoms with Gasteiger partial charge in [0.2, 0.25) is 0 Å². The average Bonchev–Trinajstić information content (AvgIpc) is 3.31. The molecule has 4 aromatic rings. The number of H-pyrrole nitrogens is 1. The standard InChI is InChI=1S/C21H19N3O3S/c22-12-5-6-24(10-12)13-2-3-16-14(8-13)15-9-19(28-20(15)21(27)23-16)11-1-4-17(25)18(26)7-11/h1-4,7-9,12,25-26H,5-6,10,22H2,(H,23,27). The van der Waals surface area contributed by atoms with Gasteiger partial charge >= 0.3 is 0 Å². The first-order valence-corrected chi connectivity index (χ1v) is 9.94. The first-order chi connectivity index (χ1) is 13.5. The number of hydrogen-bond acceptors (Lipinski definition) is 6. The Kier molecular flexibility index (Phi) is 3.82. The van der Waals surface area contributed by atoms with Crippen molar-refractivity contribution < 1.29 is 10.2 Å². The number of fused-ring (bicyclic) bond motifs is 3. The van der Waals surface area contributed by atoms with E-state index in [0.29, 0.717) is 4.70 Å². The second-order valence-electron chi connectivity index (χ2n) is 7.24. The number of phenolic OH excluding ortho intramolecular Hbond substituents is 2. The molecule has 28 heavy (non-hydrogen) atoms. The number of thiophene rings is 1. The van der Waals surface area contributed by atoms with Crippen LogP contribution in [0.5, 0.6) is 11.5 Å². The summed E-state index contributed by atoms with van der Waals surface area (Å²) >= 11 is 1.37. The molecule has 1 fully saturated rings. The molecule has 1 saturated heterocycles. The number of nitrogens with one attached hydrogen (secondary N) is 1. The molecule has 0 aliphatic carbocycles. The number of nitrogens with two attached hydrogens (primary N) is 1. The van der Waals surface area contributed by atoms with Gasteiger partial charge in [0.15, 0.2) is 11.5 Å². The van der Waals surface area contributed by atoms with E-state index in [4.69, 9.17) is 5.73 Å². The highest BCUT2D eigenvalue weighted by molar-refractivity contribution is 7.22. The number of hydrogen-bond donors (Lipinski definition) is 4. The van der Waals surface area contributed by atoms with Crippen LogP contribution in [0.15, 0.2) is 47.3 Å². The van der Waals surface area contributed by atoms with Crippen LogP contribution in [0.1, 0.15) is 6.42 Å². The SMILES string of the molecule is NC1CCN(c2ccc3[nH]c(=O)c4sc(-c5ccc(O)c(O)c5)cc4c3c2)C1. The molecule has 3 heterocycles. The van der Waals surface area contributed by atoms with E-state index in [9.17, 15) is 15.0 Å². The second kappa shape index (κ2) is 6.25. The molecule has 1 unspecified atom stereocenters. The summed E-state index contributed by atoms with van der Waals surface area (Å²) in [7, 11) is 0. The fourth-order valence-corrected chi connectivity index (χ4v) is 4.90. The summed E-state index contributed by atoms with van der Waals surface area (Å²) < 4.78 is 0.644. The maximum absolute atomic E-state index is 12.6. The molecule has 142 valence electrons. The third-order valence-corrected chi connectivity index (χ3v) is 6.51. The largest absolute Gasteiger partial charge is 0.504 e. The van der Waals surface area contributed by atoms with Gasteiger partial charge in [-0.2, -0.15) is 0 Å². The lowest BCUT2D eigenvalue weighted by Gasteiger charge is -2.18. The van der Waals surface area contributed by atoms with Crippen molar-refractivity contribution in [1.82, 2.24) is 4.98 Å². The van der Waals surface area contributed by atoms with Crippen LogP contribution < -0.4 is 16.2 Å². The molecule has 5 N–H and O–H groups in total. The van der Waals surface area contributed by atoms with Crippen molar-refractivity contribution in [3.8, 4) is 21.9 Å². The maximum Gasteiger partial charge on any atom is 0.266 e. The van der Waals surface area contributed by atoms with E-state index in [1.54, 1.807) is 6.07 Å². The predicted molar refractivity (Wildman–Crippen MR) is 114 cm³/mol. The Morgan fingerprint density at radius 3 is 2.68 bits per heavy atom. The van der Waals surface area contributed by atoms with E-state index in [1.165, 1.54) is 23.5 Å². The number of nitrogens with zero attached hydrogens (tertiary/aromatic N) is 1. The van der Waals surface area contributed by atoms with Gasteiger partial charge in [-0.25, -0.2) is 0 Å². The van der Waals surface area contributed by atoms with E-state index in [0.717, 1.165) is 51.9 Å². The molecule has 0 saturated carbocycles. The molecular formula is C21H19N3O3S. The third kappa shape index (κ3) is 2.71. The zero-order chi connectivity index (χ0) is 19.4. The Labute approximate surface area is 164 Å². The molecule has 6 nitrogen and oxygen atoms in total. The quantitative estimate of drug-likeness (QED) is 0.391. The second-order valence-corrected chi connectivity index (χ2v) is 8.29. The van der Waals surface area contributed by atoms with E-state index in [1.807, 2.05) is 18.2 Å². The van der Waals surface area contributed by atoms with Crippen LogP contribution in [-0.2, 0) is 0 Å². The highest BCUT2D eigenvalue weighted by Crippen LogP contribution is 2.38. The van der Waals surface area contributed by atoms with Crippen LogP contribution in [0, 0.1) is 0 Å². The number of aromatic nitrogens is 1. The van der Waals surface area contributed by atoms with Crippen molar-refractivity contribution in [2.24, 2.45) is 5.73 Å². The van der Waals surface area contributed by atoms with Gasteiger partial charge in [-0.15, -0.1) is 11.3 Å². The summed E-state index contributed by atoms with van der Waals surface area (Å²) in [6, 6.07) is 12.9. The van der Waals surface area contributed by atoms with Crippen molar-refractivity contribution in [2.45, 2.75) is 12.5 Å². The molecule has 2 aromatic heterocycles. The van der Waals surface area contributed by atoms with Gasteiger partial charge in [0.1, 0.15) is 4.70 Å². The van der Waals surface area contributed by atoms with Gasteiger partial charge in [0.05, 0.1) is 0 Å². The molecule has 1 aliphatic rings. The minimum Gasteiger partial charge on any atom is -0.504 e. The summed E-state index contributed by atoms with van der Waals surface area (Å²) in [6.45, 7) is 1.76. The molecule has 5 rings (SSSR count). The van der Waals surface area contributed by atoms with Crippen LogP contribution in [0.3, 0.4) is 0 Å². The first kappa shape index (κ1) is 17.1. The van der Waals surface area contributed by atoms with Crippen LogP contribution in [0.25, 0.3) is 31.4 Å². The van der Waals surface area contributed by atoms with E-state index < -0.39 is 0 Å². The number of rotatable bonds is 2. The molecule has 0 bridgehead atoms. The lowest BCUT2D eigenvalue weighted by Crippen LogP contribution is -2.26. The van der Waals surface area contributed by atoms with Crippen molar-refractivity contribution >= 4 is 38.0 Å². The molecule has 0 radical (unpaired) electrons. The number of aromatic hydroxyl groups is 2. The maximum atomic E-state index is 12.6. The van der Waals surface area contributed by atoms with Gasteiger partial charge < -0.3 is 25.8 Å². The average molecular weight is 393 g/mol. The number of phenols is 2. The predicted octanol–water partition coefficient (Wildman–Crippen LogP) is 3.36. The Hall–Kier alpha value is -3.03. The Balaban J connectivity index is 1.70. The van der Waals surface area contributed by atoms with E-state index in [2.05, 4.69) is 16.0 Å². The Morgan fingerprint density at radius 2 is 1.93 bits per heavy atom. The molecule has 1 aliphatic heterocycles. The number of pyridine rings is 1. The highest BCUT2D eigenvalue weighted by atomic mass is 32.1. The Bertz CT molecular complexity index is 1280. The van der Waals surface area contributed by atoms with Crippen LogP contribution in [-0.4, -0.2) is 34.3 Å². The summed E-state index contributed by atoms with van der Waals surface area (Å²) in [5, 5.41) is 21.2. The van der Waals surface area contributed by atoms with Crippen LogP contribution in [0.4, 0.5) is 5.69 Å². The molecule has 1 atom stereocenters. The molecule has 0 amide bonds. The summed E-state index contributed by atoms with van der Waals surface area (Å²) in [4.78, 5) is 18.7. The third-order valence-electron chi connectivity index (χ3n) is 5.33. The zero-order valence-corrected chi connectivity index (χ0v) is 15.8. The number of aromatic amines is 1. The van der Waals surface area contributed by atoms with Crippen molar-refractivity contribution in [3.05, 3.63) is 52.8 Å². The smallest absolute Gasteiger partial charge is 0.266 e. The summed E-state index contributed by atoms with van der Waals surface area (Å²) in [6.07, 6.45) is 0.978. The first-order valence-electron chi connectivity index (χ1n) is 9.12. The van der Waals surface area contributed by atoms with Gasteiger partial charge in [-0.1, -0.05) is 0 Å². The van der Waals surface area contributed by atoms with Gasteiger partial charge in [0, 0.05) is 46.0 Å². The topological polar surface area (TPSA) is 103 Å². The fraction of sp³-hybridized carbons (Fsp3) is 0.190. The molecule has 2 aromatic carbocycles.